The van der Waals surface area contributed by atoms with Crippen molar-refractivity contribution in [2.24, 2.45) is 0 Å². The highest BCUT2D eigenvalue weighted by Crippen LogP contribution is 2.28. The second kappa shape index (κ2) is 6.66. The molecule has 7 nitrogen and oxygen atoms in total. The first kappa shape index (κ1) is 16.8. The van der Waals surface area contributed by atoms with Crippen LogP contribution in [0.4, 0.5) is 0 Å². The predicted octanol–water partition coefficient (Wildman–Crippen LogP) is 2.91. The zero-order valence-electron chi connectivity index (χ0n) is 15.4. The molecule has 0 amide bonds. The van der Waals surface area contributed by atoms with E-state index in [0.29, 0.717) is 5.56 Å². The summed E-state index contributed by atoms with van der Waals surface area (Å²) in [6.45, 7) is 2.58. The summed E-state index contributed by atoms with van der Waals surface area (Å²) in [6.07, 6.45) is 5.58. The van der Waals surface area contributed by atoms with Crippen LogP contribution < -0.4 is 5.69 Å². The molecular formula is C21H20N6O. The lowest BCUT2D eigenvalue weighted by atomic mass is 10.0. The van der Waals surface area contributed by atoms with Gasteiger partial charge in [0.15, 0.2) is 0 Å². The lowest BCUT2D eigenvalue weighted by Crippen LogP contribution is -2.38. The van der Waals surface area contributed by atoms with Crippen LogP contribution in [-0.2, 0) is 6.54 Å². The number of H-pyrrole nitrogens is 2. The normalized spacial score (nSPS) is 17.9. The van der Waals surface area contributed by atoms with Gasteiger partial charge in [0.2, 0.25) is 0 Å². The summed E-state index contributed by atoms with van der Waals surface area (Å²) in [5, 5.41) is 10.1. The molecule has 1 fully saturated rings. The summed E-state index contributed by atoms with van der Waals surface area (Å²) in [5.74, 6) is 0. The van der Waals surface area contributed by atoms with Crippen LogP contribution in [0.25, 0.3) is 22.1 Å². The SMILES string of the molecule is N#Cc1cccc(CN2CCC[C@@H](n3c(=O)[nH]c4cnc5[nH]ccc5c43)C2)c1. The summed E-state index contributed by atoms with van der Waals surface area (Å²) in [6, 6.07) is 12.0. The molecule has 0 spiro atoms. The Hall–Kier alpha value is -3.37. The first-order valence-corrected chi connectivity index (χ1v) is 9.50. The van der Waals surface area contributed by atoms with E-state index in [0.717, 1.165) is 60.1 Å². The Labute approximate surface area is 161 Å². The Morgan fingerprint density at radius 1 is 1.32 bits per heavy atom. The number of nitrogens with one attached hydrogen (secondary N) is 2. The molecule has 0 aliphatic carbocycles. The van der Waals surface area contributed by atoms with Crippen LogP contribution >= 0.6 is 0 Å². The molecule has 1 aliphatic rings. The maximum absolute atomic E-state index is 12.8. The number of hydrogen-bond acceptors (Lipinski definition) is 4. The van der Waals surface area contributed by atoms with Crippen LogP contribution in [0, 0.1) is 11.3 Å². The van der Waals surface area contributed by atoms with E-state index >= 15 is 0 Å². The number of imidazole rings is 1. The number of likely N-dealkylation sites (tertiary alicyclic amines) is 1. The molecule has 1 aromatic carbocycles. The molecule has 5 rings (SSSR count). The zero-order valence-corrected chi connectivity index (χ0v) is 15.4. The third-order valence-electron chi connectivity index (χ3n) is 5.57. The minimum absolute atomic E-state index is 0.0798. The maximum atomic E-state index is 12.8. The van der Waals surface area contributed by atoms with E-state index in [1.807, 2.05) is 35.0 Å². The number of nitriles is 1. The summed E-state index contributed by atoms with van der Waals surface area (Å²) >= 11 is 0. The fraction of sp³-hybridized carbons (Fsp3) is 0.286. The highest BCUT2D eigenvalue weighted by atomic mass is 16.1. The third kappa shape index (κ3) is 2.79. The average molecular weight is 372 g/mol. The van der Waals surface area contributed by atoms with Gasteiger partial charge in [-0.1, -0.05) is 12.1 Å². The molecular weight excluding hydrogens is 352 g/mol. The number of fused-ring (bicyclic) bond motifs is 3. The van der Waals surface area contributed by atoms with Gasteiger partial charge in [0.05, 0.1) is 34.9 Å². The molecule has 28 heavy (non-hydrogen) atoms. The van der Waals surface area contributed by atoms with Gasteiger partial charge in [0, 0.05) is 24.7 Å². The number of nitrogens with zero attached hydrogens (tertiary/aromatic N) is 4. The molecule has 7 heteroatoms. The largest absolute Gasteiger partial charge is 0.346 e. The lowest BCUT2D eigenvalue weighted by molar-refractivity contribution is 0.170. The molecule has 1 aliphatic heterocycles. The number of piperidine rings is 1. The third-order valence-corrected chi connectivity index (χ3v) is 5.57. The lowest BCUT2D eigenvalue weighted by Gasteiger charge is -2.33. The molecule has 1 saturated heterocycles. The van der Waals surface area contributed by atoms with E-state index in [-0.39, 0.29) is 11.7 Å². The molecule has 4 heterocycles. The van der Waals surface area contributed by atoms with Gasteiger partial charge >= 0.3 is 5.69 Å². The van der Waals surface area contributed by atoms with Gasteiger partial charge in [0.25, 0.3) is 0 Å². The van der Waals surface area contributed by atoms with Crippen molar-refractivity contribution in [2.45, 2.75) is 25.4 Å². The number of rotatable bonds is 3. The van der Waals surface area contributed by atoms with E-state index in [4.69, 9.17) is 5.26 Å². The van der Waals surface area contributed by atoms with Crippen molar-refractivity contribution >= 4 is 22.1 Å². The van der Waals surface area contributed by atoms with E-state index in [1.54, 1.807) is 6.20 Å². The van der Waals surface area contributed by atoms with Crippen molar-refractivity contribution in [1.82, 2.24) is 24.4 Å². The topological polar surface area (TPSA) is 93.5 Å². The van der Waals surface area contributed by atoms with Crippen LogP contribution in [-0.4, -0.2) is 37.5 Å². The standard InChI is InChI=1S/C21H20N6O/c22-10-14-3-1-4-15(9-14)12-26-8-2-5-16(13-26)27-19-17-6-7-23-20(17)24-11-18(19)25-21(27)28/h1,3-4,6-7,9,11,16H,2,5,8,12-13H2,(H,23,24)(H,25,28)/t16-/m1/s1. The second-order valence-electron chi connectivity index (χ2n) is 7.40. The Balaban J connectivity index is 1.48. The number of hydrogen-bond donors (Lipinski definition) is 2. The summed E-state index contributed by atoms with van der Waals surface area (Å²) in [4.78, 5) is 25.6. The summed E-state index contributed by atoms with van der Waals surface area (Å²) in [7, 11) is 0. The van der Waals surface area contributed by atoms with Gasteiger partial charge in [-0.25, -0.2) is 9.78 Å². The highest BCUT2D eigenvalue weighted by Gasteiger charge is 2.25. The molecule has 0 saturated carbocycles. The Bertz CT molecular complexity index is 1260. The number of aromatic nitrogens is 4. The number of pyridine rings is 1. The van der Waals surface area contributed by atoms with Gasteiger partial charge in [-0.3, -0.25) is 9.47 Å². The van der Waals surface area contributed by atoms with Crippen molar-refractivity contribution in [3.05, 3.63) is 64.3 Å². The van der Waals surface area contributed by atoms with E-state index in [2.05, 4.69) is 32.0 Å². The number of aromatic amines is 2. The molecule has 1 atom stereocenters. The molecule has 140 valence electrons. The average Bonchev–Trinajstić information content (AvgIpc) is 3.31. The van der Waals surface area contributed by atoms with Crippen LogP contribution in [0.3, 0.4) is 0 Å². The number of benzene rings is 1. The minimum atomic E-state index is -0.0798. The Kier molecular flexibility index (Phi) is 3.99. The van der Waals surface area contributed by atoms with Crippen LogP contribution in [0.15, 0.2) is 47.5 Å². The molecule has 0 radical (unpaired) electrons. The molecule has 0 bridgehead atoms. The monoisotopic (exact) mass is 372 g/mol. The van der Waals surface area contributed by atoms with Gasteiger partial charge in [-0.05, 0) is 43.1 Å². The van der Waals surface area contributed by atoms with E-state index in [9.17, 15) is 4.79 Å². The van der Waals surface area contributed by atoms with Gasteiger partial charge in [-0.2, -0.15) is 5.26 Å². The van der Waals surface area contributed by atoms with E-state index < -0.39 is 0 Å². The highest BCUT2D eigenvalue weighted by molar-refractivity contribution is 6.00. The first-order valence-electron chi connectivity index (χ1n) is 9.50. The Morgan fingerprint density at radius 2 is 2.25 bits per heavy atom. The quantitative estimate of drug-likeness (QED) is 0.578. The molecule has 0 unspecified atom stereocenters. The zero-order chi connectivity index (χ0) is 19.1. The Morgan fingerprint density at radius 3 is 3.14 bits per heavy atom. The summed E-state index contributed by atoms with van der Waals surface area (Å²) < 4.78 is 1.91. The molecule has 4 aromatic rings. The fourth-order valence-electron chi connectivity index (χ4n) is 4.35. The molecule has 2 N–H and O–H groups in total. The van der Waals surface area contributed by atoms with Crippen LogP contribution in [0.2, 0.25) is 0 Å². The smallest absolute Gasteiger partial charge is 0.326 e. The van der Waals surface area contributed by atoms with E-state index in [1.165, 1.54) is 0 Å². The van der Waals surface area contributed by atoms with Crippen molar-refractivity contribution < 1.29 is 0 Å². The summed E-state index contributed by atoms with van der Waals surface area (Å²) in [5.41, 5.74) is 4.22. The fourth-order valence-corrected chi connectivity index (χ4v) is 4.35. The van der Waals surface area contributed by atoms with Crippen LogP contribution in [0.5, 0.6) is 0 Å². The van der Waals surface area contributed by atoms with Crippen molar-refractivity contribution in [2.75, 3.05) is 13.1 Å². The van der Waals surface area contributed by atoms with Gasteiger partial charge in [-0.15, -0.1) is 0 Å². The van der Waals surface area contributed by atoms with Crippen molar-refractivity contribution in [3.63, 3.8) is 0 Å². The van der Waals surface area contributed by atoms with Crippen molar-refractivity contribution in [1.29, 1.82) is 5.26 Å². The van der Waals surface area contributed by atoms with Crippen LogP contribution in [0.1, 0.15) is 30.0 Å². The first-order chi connectivity index (χ1) is 13.7. The van der Waals surface area contributed by atoms with Crippen molar-refractivity contribution in [3.8, 4) is 6.07 Å². The van der Waals surface area contributed by atoms with Gasteiger partial charge < -0.3 is 9.97 Å². The second-order valence-corrected chi connectivity index (χ2v) is 7.40. The predicted molar refractivity (Wildman–Crippen MR) is 107 cm³/mol. The minimum Gasteiger partial charge on any atom is -0.346 e. The molecule has 3 aromatic heterocycles. The van der Waals surface area contributed by atoms with Gasteiger partial charge in [0.1, 0.15) is 5.65 Å². The maximum Gasteiger partial charge on any atom is 0.326 e.